The van der Waals surface area contributed by atoms with Gasteiger partial charge in [-0.25, -0.2) is 5.43 Å². The molecule has 10 heteroatoms. The molecular weight excluding hydrogens is 452 g/mol. The third kappa shape index (κ3) is 4.65. The van der Waals surface area contributed by atoms with Crippen molar-refractivity contribution >= 4 is 33.8 Å². The van der Waals surface area contributed by atoms with E-state index in [0.29, 0.717) is 37.3 Å². The number of hydrogen-bond acceptors (Lipinski definition) is 7. The number of benzene rings is 1. The van der Waals surface area contributed by atoms with E-state index in [2.05, 4.69) is 41.9 Å². The van der Waals surface area contributed by atoms with Gasteiger partial charge in [-0.1, -0.05) is 21.1 Å². The zero-order valence-electron chi connectivity index (χ0n) is 15.9. The zero-order chi connectivity index (χ0) is 20.9. The number of anilines is 1. The van der Waals surface area contributed by atoms with Crippen molar-refractivity contribution in [1.29, 1.82) is 0 Å². The van der Waals surface area contributed by atoms with Gasteiger partial charge in [0.15, 0.2) is 0 Å². The summed E-state index contributed by atoms with van der Waals surface area (Å²) in [6.07, 6.45) is 4.44. The molecule has 1 aliphatic heterocycles. The van der Waals surface area contributed by atoms with Crippen molar-refractivity contribution in [3.8, 4) is 11.4 Å². The maximum absolute atomic E-state index is 12.6. The van der Waals surface area contributed by atoms with Crippen LogP contribution in [0.4, 0.5) is 6.01 Å². The molecule has 1 aliphatic rings. The molecule has 0 radical (unpaired) electrons. The molecule has 0 aliphatic carbocycles. The van der Waals surface area contributed by atoms with Crippen molar-refractivity contribution in [1.82, 2.24) is 25.5 Å². The number of hydrogen-bond donors (Lipinski definition) is 2. The van der Waals surface area contributed by atoms with Crippen LogP contribution in [0.3, 0.4) is 0 Å². The Morgan fingerprint density at radius 1 is 1.07 bits per heavy atom. The molecule has 9 nitrogen and oxygen atoms in total. The lowest BCUT2D eigenvalue weighted by molar-refractivity contribution is -0.125. The number of likely N-dealkylation sites (tertiary alicyclic amines) is 1. The summed E-state index contributed by atoms with van der Waals surface area (Å²) in [4.78, 5) is 34.9. The van der Waals surface area contributed by atoms with Gasteiger partial charge in [0.05, 0.1) is 0 Å². The smallest absolute Gasteiger partial charge is 0.339 e. The topological polar surface area (TPSA) is 113 Å². The average Bonchev–Trinajstić information content (AvgIpc) is 3.27. The largest absolute Gasteiger partial charge is 0.340 e. The van der Waals surface area contributed by atoms with Crippen molar-refractivity contribution in [3.05, 3.63) is 58.8 Å². The molecule has 0 atom stereocenters. The highest BCUT2D eigenvalue weighted by Crippen LogP contribution is 2.21. The van der Waals surface area contributed by atoms with Crippen molar-refractivity contribution in [2.45, 2.75) is 12.8 Å². The molecule has 2 N–H and O–H groups in total. The first-order chi connectivity index (χ1) is 14.6. The van der Waals surface area contributed by atoms with Gasteiger partial charge >= 0.3 is 6.01 Å². The van der Waals surface area contributed by atoms with E-state index in [1.54, 1.807) is 41.6 Å². The van der Waals surface area contributed by atoms with Crippen LogP contribution < -0.4 is 10.9 Å². The van der Waals surface area contributed by atoms with E-state index >= 15 is 0 Å². The quantitative estimate of drug-likeness (QED) is 0.551. The Balaban J connectivity index is 1.26. The van der Waals surface area contributed by atoms with Crippen LogP contribution in [0.1, 0.15) is 23.2 Å². The van der Waals surface area contributed by atoms with Gasteiger partial charge in [0.25, 0.3) is 5.91 Å². The Kier molecular flexibility index (Phi) is 6.03. The SMILES string of the molecule is O=C(NNc1nc(-c2ccncc2)no1)C1CCN(C(=O)c2ccc(Br)cc2)CC1. The Labute approximate surface area is 181 Å². The van der Waals surface area contributed by atoms with E-state index in [4.69, 9.17) is 4.52 Å². The zero-order valence-corrected chi connectivity index (χ0v) is 17.5. The van der Waals surface area contributed by atoms with Crippen LogP contribution in [0.15, 0.2) is 57.8 Å². The number of piperidine rings is 1. The molecule has 1 fully saturated rings. The summed E-state index contributed by atoms with van der Waals surface area (Å²) < 4.78 is 6.03. The summed E-state index contributed by atoms with van der Waals surface area (Å²) in [6, 6.07) is 10.9. The average molecular weight is 471 g/mol. The Hall–Kier alpha value is -3.27. The molecule has 1 saturated heterocycles. The highest BCUT2D eigenvalue weighted by molar-refractivity contribution is 9.10. The Bertz CT molecular complexity index is 1020. The molecule has 1 aromatic carbocycles. The molecule has 0 bridgehead atoms. The molecule has 3 heterocycles. The fraction of sp³-hybridized carbons (Fsp3) is 0.250. The molecule has 2 amide bonds. The summed E-state index contributed by atoms with van der Waals surface area (Å²) in [5.41, 5.74) is 6.67. The van der Waals surface area contributed by atoms with E-state index in [-0.39, 0.29) is 23.7 Å². The number of hydrazine groups is 1. The van der Waals surface area contributed by atoms with Gasteiger partial charge in [0.1, 0.15) is 0 Å². The normalized spacial score (nSPS) is 14.4. The molecule has 2 aromatic heterocycles. The second-order valence-electron chi connectivity index (χ2n) is 6.85. The van der Waals surface area contributed by atoms with Crippen LogP contribution in [-0.4, -0.2) is 44.9 Å². The highest BCUT2D eigenvalue weighted by Gasteiger charge is 2.28. The van der Waals surface area contributed by atoms with Crippen LogP contribution in [0.25, 0.3) is 11.4 Å². The van der Waals surface area contributed by atoms with Crippen LogP contribution in [0.5, 0.6) is 0 Å². The lowest BCUT2D eigenvalue weighted by atomic mass is 9.95. The summed E-state index contributed by atoms with van der Waals surface area (Å²) in [6.45, 7) is 1.06. The minimum absolute atomic E-state index is 0.0195. The van der Waals surface area contributed by atoms with Gasteiger partial charge in [-0.2, -0.15) is 4.98 Å². The fourth-order valence-corrected chi connectivity index (χ4v) is 3.49. The van der Waals surface area contributed by atoms with Gasteiger partial charge in [0, 0.05) is 47.0 Å². The number of amides is 2. The fourth-order valence-electron chi connectivity index (χ4n) is 3.23. The monoisotopic (exact) mass is 470 g/mol. The van der Waals surface area contributed by atoms with Crippen LogP contribution >= 0.6 is 15.9 Å². The number of nitrogens with zero attached hydrogens (tertiary/aromatic N) is 4. The second-order valence-corrected chi connectivity index (χ2v) is 7.76. The number of carbonyl (C=O) groups is 2. The molecule has 0 unspecified atom stereocenters. The third-order valence-electron chi connectivity index (χ3n) is 4.90. The third-order valence-corrected chi connectivity index (χ3v) is 5.43. The first kappa shape index (κ1) is 20.0. The summed E-state index contributed by atoms with van der Waals surface area (Å²) in [5, 5.41) is 3.87. The van der Waals surface area contributed by atoms with Gasteiger partial charge < -0.3 is 9.42 Å². The van der Waals surface area contributed by atoms with Gasteiger partial charge in [0.2, 0.25) is 11.7 Å². The van der Waals surface area contributed by atoms with E-state index in [1.807, 2.05) is 12.1 Å². The molecule has 0 saturated carbocycles. The molecule has 3 aromatic rings. The van der Waals surface area contributed by atoms with Crippen molar-refractivity contribution in [2.24, 2.45) is 5.92 Å². The Morgan fingerprint density at radius 2 is 1.77 bits per heavy atom. The van der Waals surface area contributed by atoms with Crippen LogP contribution in [0, 0.1) is 5.92 Å². The van der Waals surface area contributed by atoms with Crippen molar-refractivity contribution < 1.29 is 14.1 Å². The van der Waals surface area contributed by atoms with Crippen molar-refractivity contribution in [3.63, 3.8) is 0 Å². The number of nitrogens with one attached hydrogen (secondary N) is 2. The number of rotatable bonds is 5. The Morgan fingerprint density at radius 3 is 2.47 bits per heavy atom. The lowest BCUT2D eigenvalue weighted by Crippen LogP contribution is -2.44. The number of carbonyl (C=O) groups excluding carboxylic acids is 2. The lowest BCUT2D eigenvalue weighted by Gasteiger charge is -2.31. The maximum Gasteiger partial charge on any atom is 0.340 e. The van der Waals surface area contributed by atoms with Gasteiger partial charge in [-0.3, -0.25) is 20.0 Å². The van der Waals surface area contributed by atoms with E-state index in [9.17, 15) is 9.59 Å². The molecule has 0 spiro atoms. The first-order valence-electron chi connectivity index (χ1n) is 9.45. The van der Waals surface area contributed by atoms with E-state index < -0.39 is 0 Å². The van der Waals surface area contributed by atoms with E-state index in [0.717, 1.165) is 10.0 Å². The van der Waals surface area contributed by atoms with Gasteiger partial charge in [-0.15, -0.1) is 0 Å². The predicted molar refractivity (Wildman–Crippen MR) is 112 cm³/mol. The second kappa shape index (κ2) is 9.04. The molecular formula is C20H19BrN6O3. The number of aromatic nitrogens is 3. The van der Waals surface area contributed by atoms with Crippen LogP contribution in [0.2, 0.25) is 0 Å². The standard InChI is InChI=1S/C20H19BrN6O3/c21-16-3-1-15(2-4-16)19(29)27-11-7-14(8-12-27)18(28)24-25-20-23-17(26-30-20)13-5-9-22-10-6-13/h1-6,9-10,14H,7-8,11-12H2,(H,24,28)(H,23,25,26). The summed E-state index contributed by atoms with van der Waals surface area (Å²) in [5.74, 6) is 0.00588. The van der Waals surface area contributed by atoms with Crippen molar-refractivity contribution in [2.75, 3.05) is 18.5 Å². The highest BCUT2D eigenvalue weighted by atomic mass is 79.9. The number of halogens is 1. The number of pyridine rings is 1. The van der Waals surface area contributed by atoms with Crippen LogP contribution in [-0.2, 0) is 4.79 Å². The van der Waals surface area contributed by atoms with E-state index in [1.165, 1.54) is 0 Å². The summed E-state index contributed by atoms with van der Waals surface area (Å²) >= 11 is 3.37. The molecule has 154 valence electrons. The van der Waals surface area contributed by atoms with Gasteiger partial charge in [-0.05, 0) is 49.2 Å². The predicted octanol–water partition coefficient (Wildman–Crippen LogP) is 2.89. The molecule has 30 heavy (non-hydrogen) atoms. The summed E-state index contributed by atoms with van der Waals surface area (Å²) in [7, 11) is 0. The minimum Gasteiger partial charge on any atom is -0.339 e. The minimum atomic E-state index is -0.200. The first-order valence-corrected chi connectivity index (χ1v) is 10.2. The maximum atomic E-state index is 12.6. The molecule has 4 rings (SSSR count).